The molecule has 3 aromatic rings. The van der Waals surface area contributed by atoms with Crippen LogP contribution in [0.4, 0.5) is 5.69 Å². The minimum Gasteiger partial charge on any atom is -0.463 e. The van der Waals surface area contributed by atoms with E-state index in [1.807, 2.05) is 43.5 Å². The maximum Gasteiger partial charge on any atom is 0.276 e. The maximum atomic E-state index is 13.8. The highest BCUT2D eigenvalue weighted by Crippen LogP contribution is 2.37. The zero-order valence-corrected chi connectivity index (χ0v) is 19.3. The summed E-state index contributed by atoms with van der Waals surface area (Å²) in [7, 11) is 0. The molecule has 2 aromatic heterocycles. The lowest BCUT2D eigenvalue weighted by Gasteiger charge is -2.45. The average Bonchev–Trinajstić information content (AvgIpc) is 3.31. The van der Waals surface area contributed by atoms with Gasteiger partial charge >= 0.3 is 0 Å². The van der Waals surface area contributed by atoms with Gasteiger partial charge in [-0.25, -0.2) is 0 Å². The Balaban J connectivity index is 1.58. The van der Waals surface area contributed by atoms with Crippen molar-refractivity contribution in [2.75, 3.05) is 4.90 Å². The molecule has 0 bridgehead atoms. The number of hydrogen-bond donors (Lipinski definition) is 1. The third kappa shape index (κ3) is 3.33. The van der Waals surface area contributed by atoms with Crippen molar-refractivity contribution < 1.29 is 14.0 Å². The SMILES string of the molecule is Cc1cc(C)cc(N2C(=O)c3cc4occc4n3C[C@@]2(C)C(=O)NC2CCC(C)CC2)c1. The first-order valence-corrected chi connectivity index (χ1v) is 11.6. The Labute approximate surface area is 188 Å². The largest absolute Gasteiger partial charge is 0.463 e. The molecule has 1 fully saturated rings. The molecule has 1 saturated carbocycles. The van der Waals surface area contributed by atoms with Gasteiger partial charge in [0.1, 0.15) is 11.2 Å². The molecule has 1 N–H and O–H groups in total. The van der Waals surface area contributed by atoms with E-state index < -0.39 is 5.54 Å². The Bertz CT molecular complexity index is 1180. The van der Waals surface area contributed by atoms with E-state index in [9.17, 15) is 9.59 Å². The number of nitrogens with zero attached hydrogens (tertiary/aromatic N) is 2. The Kier molecular flexibility index (Phi) is 4.91. The number of benzene rings is 1. The van der Waals surface area contributed by atoms with Crippen molar-refractivity contribution in [2.24, 2.45) is 5.92 Å². The molecule has 6 nitrogen and oxygen atoms in total. The first kappa shape index (κ1) is 20.9. The molecule has 6 heteroatoms. The van der Waals surface area contributed by atoms with Crippen molar-refractivity contribution in [3.05, 3.63) is 53.4 Å². The summed E-state index contributed by atoms with van der Waals surface area (Å²) >= 11 is 0. The fourth-order valence-corrected chi connectivity index (χ4v) is 5.44. The van der Waals surface area contributed by atoms with E-state index in [0.29, 0.717) is 23.7 Å². The van der Waals surface area contributed by atoms with Gasteiger partial charge in [-0.15, -0.1) is 0 Å². The van der Waals surface area contributed by atoms with Crippen LogP contribution in [0.3, 0.4) is 0 Å². The van der Waals surface area contributed by atoms with Gasteiger partial charge in [0, 0.05) is 23.9 Å². The summed E-state index contributed by atoms with van der Waals surface area (Å²) in [5, 5.41) is 3.29. The highest BCUT2D eigenvalue weighted by atomic mass is 16.3. The van der Waals surface area contributed by atoms with E-state index >= 15 is 0 Å². The number of nitrogens with one attached hydrogen (secondary N) is 1. The van der Waals surface area contributed by atoms with Gasteiger partial charge < -0.3 is 14.3 Å². The van der Waals surface area contributed by atoms with Crippen LogP contribution in [-0.4, -0.2) is 28.0 Å². The molecular formula is C26H31N3O3. The summed E-state index contributed by atoms with van der Waals surface area (Å²) < 4.78 is 7.50. The first-order valence-electron chi connectivity index (χ1n) is 11.6. The van der Waals surface area contributed by atoms with E-state index in [2.05, 4.69) is 18.3 Å². The maximum absolute atomic E-state index is 13.8. The number of carbonyl (C=O) groups excluding carboxylic acids is 2. The quantitative estimate of drug-likeness (QED) is 0.634. The molecular weight excluding hydrogens is 402 g/mol. The molecule has 168 valence electrons. The Morgan fingerprint density at radius 2 is 1.78 bits per heavy atom. The van der Waals surface area contributed by atoms with Gasteiger partial charge in [-0.3, -0.25) is 14.5 Å². The van der Waals surface area contributed by atoms with Gasteiger partial charge in [0.2, 0.25) is 5.91 Å². The molecule has 1 aliphatic heterocycles. The van der Waals surface area contributed by atoms with Crippen molar-refractivity contribution in [1.29, 1.82) is 0 Å². The lowest BCUT2D eigenvalue weighted by molar-refractivity contribution is -0.127. The number of aryl methyl sites for hydroxylation is 2. The minimum absolute atomic E-state index is 0.0967. The molecule has 0 unspecified atom stereocenters. The summed E-state index contributed by atoms with van der Waals surface area (Å²) in [5.74, 6) is 0.432. The predicted molar refractivity (Wildman–Crippen MR) is 125 cm³/mol. The number of furan rings is 1. The second-order valence-corrected chi connectivity index (χ2v) is 9.98. The smallest absolute Gasteiger partial charge is 0.276 e. The summed E-state index contributed by atoms with van der Waals surface area (Å²) in [6.45, 7) is 8.56. The number of aromatic nitrogens is 1. The monoisotopic (exact) mass is 433 g/mol. The van der Waals surface area contributed by atoms with Gasteiger partial charge in [-0.1, -0.05) is 13.0 Å². The molecule has 2 aliphatic rings. The lowest BCUT2D eigenvalue weighted by Crippen LogP contribution is -2.65. The summed E-state index contributed by atoms with van der Waals surface area (Å²) in [6, 6.07) is 9.86. The summed E-state index contributed by atoms with van der Waals surface area (Å²) in [5.41, 5.74) is 3.88. The molecule has 1 aliphatic carbocycles. The molecule has 0 radical (unpaired) electrons. The van der Waals surface area contributed by atoms with E-state index in [-0.39, 0.29) is 17.9 Å². The van der Waals surface area contributed by atoms with Gasteiger partial charge in [-0.05, 0) is 75.6 Å². The van der Waals surface area contributed by atoms with E-state index in [1.165, 1.54) is 0 Å². The van der Waals surface area contributed by atoms with Crippen molar-refractivity contribution in [1.82, 2.24) is 9.88 Å². The predicted octanol–water partition coefficient (Wildman–Crippen LogP) is 4.97. The molecule has 0 saturated heterocycles. The first-order chi connectivity index (χ1) is 15.3. The number of carbonyl (C=O) groups is 2. The van der Waals surface area contributed by atoms with Crippen LogP contribution in [0.25, 0.3) is 11.1 Å². The Morgan fingerprint density at radius 3 is 2.47 bits per heavy atom. The van der Waals surface area contributed by atoms with Crippen LogP contribution in [0.5, 0.6) is 0 Å². The van der Waals surface area contributed by atoms with Crippen LogP contribution in [0, 0.1) is 19.8 Å². The van der Waals surface area contributed by atoms with Crippen LogP contribution in [-0.2, 0) is 11.3 Å². The highest BCUT2D eigenvalue weighted by molar-refractivity contribution is 6.13. The molecule has 32 heavy (non-hydrogen) atoms. The number of amides is 2. The Morgan fingerprint density at radius 1 is 1.09 bits per heavy atom. The van der Waals surface area contributed by atoms with E-state index in [0.717, 1.165) is 48.0 Å². The number of fused-ring (bicyclic) bond motifs is 3. The van der Waals surface area contributed by atoms with E-state index in [1.54, 1.807) is 17.2 Å². The fourth-order valence-electron chi connectivity index (χ4n) is 5.44. The third-order valence-corrected chi connectivity index (χ3v) is 7.21. The summed E-state index contributed by atoms with van der Waals surface area (Å²) in [4.78, 5) is 29.4. The molecule has 0 spiro atoms. The average molecular weight is 434 g/mol. The fraction of sp³-hybridized carbons (Fsp3) is 0.462. The zero-order valence-electron chi connectivity index (χ0n) is 19.3. The Hall–Kier alpha value is -3.02. The van der Waals surface area contributed by atoms with Gasteiger partial charge in [0.25, 0.3) is 5.91 Å². The van der Waals surface area contributed by atoms with Gasteiger partial charge in [0.05, 0.1) is 18.3 Å². The summed E-state index contributed by atoms with van der Waals surface area (Å²) in [6.07, 6.45) is 5.85. The topological polar surface area (TPSA) is 67.5 Å². The number of rotatable bonds is 3. The number of anilines is 1. The van der Waals surface area contributed by atoms with Crippen LogP contribution in [0.1, 0.15) is 61.1 Å². The molecule has 1 aromatic carbocycles. The van der Waals surface area contributed by atoms with Crippen LogP contribution in [0.2, 0.25) is 0 Å². The molecule has 5 rings (SSSR count). The van der Waals surface area contributed by atoms with Crippen LogP contribution >= 0.6 is 0 Å². The van der Waals surface area contributed by atoms with E-state index in [4.69, 9.17) is 4.42 Å². The van der Waals surface area contributed by atoms with Gasteiger partial charge in [0.15, 0.2) is 5.58 Å². The highest BCUT2D eigenvalue weighted by Gasteiger charge is 2.49. The van der Waals surface area contributed by atoms with Gasteiger partial charge in [-0.2, -0.15) is 0 Å². The molecule has 2 amide bonds. The van der Waals surface area contributed by atoms with Crippen molar-refractivity contribution >= 4 is 28.6 Å². The number of hydrogen-bond acceptors (Lipinski definition) is 3. The normalized spacial score (nSPS) is 25.8. The second-order valence-electron chi connectivity index (χ2n) is 9.98. The second kappa shape index (κ2) is 7.54. The van der Waals surface area contributed by atoms with Crippen molar-refractivity contribution in [3.8, 4) is 0 Å². The molecule has 3 heterocycles. The van der Waals surface area contributed by atoms with Crippen molar-refractivity contribution in [3.63, 3.8) is 0 Å². The third-order valence-electron chi connectivity index (χ3n) is 7.21. The van der Waals surface area contributed by atoms with Crippen LogP contribution in [0.15, 0.2) is 41.0 Å². The lowest BCUT2D eigenvalue weighted by atomic mass is 9.86. The minimum atomic E-state index is -1.06. The molecule has 1 atom stereocenters. The zero-order chi connectivity index (χ0) is 22.6. The van der Waals surface area contributed by atoms with Crippen molar-refractivity contribution in [2.45, 2.75) is 71.5 Å². The standard InChI is InChI=1S/C26H31N3O3/c1-16-5-7-19(8-6-16)27-25(31)26(4)15-28-21-9-10-32-23(21)14-22(28)24(30)29(26)20-12-17(2)11-18(3)13-20/h9-14,16,19H,5-8,15H2,1-4H3,(H,27,31)/t16?,19?,26-/m0/s1. The van der Waals surface area contributed by atoms with Crippen LogP contribution < -0.4 is 10.2 Å².